The van der Waals surface area contributed by atoms with Crippen LogP contribution in [0, 0.1) is 25.2 Å². The summed E-state index contributed by atoms with van der Waals surface area (Å²) < 4.78 is 24.1. The lowest BCUT2D eigenvalue weighted by molar-refractivity contribution is -0.183. The summed E-state index contributed by atoms with van der Waals surface area (Å²) >= 11 is 6.75. The summed E-state index contributed by atoms with van der Waals surface area (Å²) in [6, 6.07) is 27.9. The number of hydrogen-bond donors (Lipinski definition) is 3. The number of hydrogen-bond acceptors (Lipinski definition) is 9. The van der Waals surface area contributed by atoms with Crippen molar-refractivity contribution in [2.45, 2.75) is 58.8 Å². The Labute approximate surface area is 319 Å². The lowest BCUT2D eigenvalue weighted by atomic mass is 9.89. The van der Waals surface area contributed by atoms with Crippen LogP contribution in [0.15, 0.2) is 91.3 Å². The molecule has 0 bridgehead atoms. The highest BCUT2D eigenvalue weighted by Gasteiger charge is 2.32. The number of halogens is 1. The molecule has 0 spiro atoms. The zero-order chi connectivity index (χ0) is 38.2. The van der Waals surface area contributed by atoms with Crippen molar-refractivity contribution in [2.24, 2.45) is 0 Å². The van der Waals surface area contributed by atoms with E-state index >= 15 is 0 Å². The molecule has 54 heavy (non-hydrogen) atoms. The highest BCUT2D eigenvalue weighted by Crippen LogP contribution is 2.37. The number of aliphatic carboxylic acids is 1. The smallest absolute Gasteiger partial charge is 0.326 e. The van der Waals surface area contributed by atoms with Gasteiger partial charge in [-0.25, -0.2) is 0 Å². The molecule has 0 amide bonds. The van der Waals surface area contributed by atoms with Crippen molar-refractivity contribution in [1.29, 1.82) is 5.26 Å². The predicted octanol–water partition coefficient (Wildman–Crippen LogP) is 8.08. The van der Waals surface area contributed by atoms with E-state index in [0.717, 1.165) is 50.9 Å². The van der Waals surface area contributed by atoms with Crippen molar-refractivity contribution in [3.05, 3.63) is 135 Å². The molecule has 1 atom stereocenters. The first-order chi connectivity index (χ1) is 26.1. The van der Waals surface area contributed by atoms with Gasteiger partial charge in [0.1, 0.15) is 36.3 Å². The van der Waals surface area contributed by atoms with E-state index in [9.17, 15) is 20.3 Å². The van der Waals surface area contributed by atoms with Crippen molar-refractivity contribution in [3.8, 4) is 39.8 Å². The van der Waals surface area contributed by atoms with Gasteiger partial charge in [0.2, 0.25) is 0 Å². The standard InChI is InChI=1S/C43H42ClN3O7/c1-27-33(7-4-9-36(27)37-10-5-8-35(28(37)2)31-11-13-32(14-12-31)41-51-15-6-16-52-41)25-54-40-19-39(53-24-30-17-29(20-45)21-46-22-30)34(18-38(40)44)23-47-43(3,26-48)42(49)50/h4-5,7-14,17-19,21-22,41,47-48H,6,15-16,23-26H2,1-3H3,(H,49,50)/t43-/m0/s1. The summed E-state index contributed by atoms with van der Waals surface area (Å²) in [5.41, 5.74) is 8.67. The number of benzene rings is 4. The Morgan fingerprint density at radius 2 is 1.61 bits per heavy atom. The molecule has 0 aliphatic carbocycles. The van der Waals surface area contributed by atoms with Crippen LogP contribution in [-0.4, -0.2) is 46.5 Å². The van der Waals surface area contributed by atoms with Crippen LogP contribution in [0.25, 0.3) is 22.3 Å². The Hall–Kier alpha value is -5.28. The average molecular weight is 748 g/mol. The van der Waals surface area contributed by atoms with Gasteiger partial charge in [0.15, 0.2) is 6.29 Å². The minimum absolute atomic E-state index is 0.0300. The van der Waals surface area contributed by atoms with Crippen LogP contribution in [0.2, 0.25) is 5.02 Å². The van der Waals surface area contributed by atoms with Crippen molar-refractivity contribution in [2.75, 3.05) is 19.8 Å². The number of aliphatic hydroxyl groups excluding tert-OH is 1. The number of nitriles is 1. The van der Waals surface area contributed by atoms with E-state index in [1.807, 2.05) is 12.1 Å². The number of aromatic nitrogens is 1. The van der Waals surface area contributed by atoms with E-state index in [-0.39, 0.29) is 26.0 Å². The average Bonchev–Trinajstić information content (AvgIpc) is 3.20. The summed E-state index contributed by atoms with van der Waals surface area (Å²) in [7, 11) is 0. The van der Waals surface area contributed by atoms with Crippen molar-refractivity contribution < 1.29 is 34.0 Å². The first kappa shape index (κ1) is 38.4. The number of nitrogens with one attached hydrogen (secondary N) is 1. The second kappa shape index (κ2) is 17.2. The topological polar surface area (TPSA) is 143 Å². The second-order valence-corrected chi connectivity index (χ2v) is 13.8. The van der Waals surface area contributed by atoms with Gasteiger partial charge in [-0.1, -0.05) is 72.3 Å². The van der Waals surface area contributed by atoms with E-state index < -0.39 is 18.1 Å². The first-order valence-corrected chi connectivity index (χ1v) is 18.0. The van der Waals surface area contributed by atoms with Gasteiger partial charge in [-0.05, 0) is 78.3 Å². The molecule has 1 aromatic heterocycles. The third-order valence-corrected chi connectivity index (χ3v) is 9.96. The molecule has 6 rings (SSSR count). The number of pyridine rings is 1. The van der Waals surface area contributed by atoms with Gasteiger partial charge in [-0.3, -0.25) is 15.1 Å². The normalized spacial score (nSPS) is 14.2. The molecule has 11 heteroatoms. The minimum atomic E-state index is -1.59. The van der Waals surface area contributed by atoms with Crippen molar-refractivity contribution >= 4 is 17.6 Å². The maximum atomic E-state index is 11.8. The number of rotatable bonds is 14. The van der Waals surface area contributed by atoms with E-state index in [0.29, 0.717) is 46.4 Å². The summed E-state index contributed by atoms with van der Waals surface area (Å²) in [4.78, 5) is 15.9. The van der Waals surface area contributed by atoms with Crippen molar-refractivity contribution in [3.63, 3.8) is 0 Å². The zero-order valence-corrected chi connectivity index (χ0v) is 31.2. The molecule has 278 valence electrons. The fourth-order valence-electron chi connectivity index (χ4n) is 6.26. The maximum absolute atomic E-state index is 11.8. The van der Waals surface area contributed by atoms with Crippen LogP contribution < -0.4 is 14.8 Å². The molecule has 1 saturated heterocycles. The lowest BCUT2D eigenvalue weighted by Gasteiger charge is -2.25. The molecule has 1 aliphatic rings. The quantitative estimate of drug-likeness (QED) is 0.102. The Balaban J connectivity index is 1.23. The van der Waals surface area contributed by atoms with Gasteiger partial charge >= 0.3 is 5.97 Å². The molecule has 0 saturated carbocycles. The van der Waals surface area contributed by atoms with E-state index in [1.54, 1.807) is 24.4 Å². The number of aliphatic hydroxyl groups is 1. The third-order valence-electron chi connectivity index (χ3n) is 9.66. The van der Waals surface area contributed by atoms with Crippen LogP contribution in [0.5, 0.6) is 11.5 Å². The number of carboxylic acid groups (broad SMARTS) is 1. The fraction of sp³-hybridized carbons (Fsp3) is 0.279. The van der Waals surface area contributed by atoms with Gasteiger partial charge in [0, 0.05) is 41.7 Å². The number of ether oxygens (including phenoxy) is 4. The SMILES string of the molecule is Cc1c(COc2cc(OCc3cncc(C#N)c3)c(CN[C@@](C)(CO)C(=O)O)cc2Cl)cccc1-c1cccc(-c2ccc(C3OCCCO3)cc2)c1C. The molecule has 1 fully saturated rings. The molecule has 1 aliphatic heterocycles. The van der Waals surface area contributed by atoms with E-state index in [4.69, 9.17) is 30.5 Å². The van der Waals surface area contributed by atoms with E-state index in [2.05, 4.69) is 78.7 Å². The summed E-state index contributed by atoms with van der Waals surface area (Å²) in [5.74, 6) is -0.440. The molecular formula is C43H42ClN3O7. The van der Waals surface area contributed by atoms with Crippen LogP contribution >= 0.6 is 11.6 Å². The van der Waals surface area contributed by atoms with E-state index in [1.165, 1.54) is 13.1 Å². The van der Waals surface area contributed by atoms with Gasteiger partial charge < -0.3 is 29.2 Å². The molecule has 0 radical (unpaired) electrons. The minimum Gasteiger partial charge on any atom is -0.488 e. The number of carboxylic acids is 1. The molecular weight excluding hydrogens is 706 g/mol. The molecule has 2 heterocycles. The Morgan fingerprint density at radius 3 is 2.31 bits per heavy atom. The van der Waals surface area contributed by atoms with Crippen molar-refractivity contribution in [1.82, 2.24) is 10.3 Å². The lowest BCUT2D eigenvalue weighted by Crippen LogP contribution is -2.52. The van der Waals surface area contributed by atoms with Crippen LogP contribution in [-0.2, 0) is 34.0 Å². The number of nitrogens with zero attached hydrogens (tertiary/aromatic N) is 2. The van der Waals surface area contributed by atoms with Gasteiger partial charge in [-0.2, -0.15) is 5.26 Å². The second-order valence-electron chi connectivity index (χ2n) is 13.4. The highest BCUT2D eigenvalue weighted by atomic mass is 35.5. The molecule has 0 unspecified atom stereocenters. The zero-order valence-electron chi connectivity index (χ0n) is 30.4. The third kappa shape index (κ3) is 8.74. The van der Waals surface area contributed by atoms with Gasteiger partial charge in [-0.15, -0.1) is 0 Å². The monoisotopic (exact) mass is 747 g/mol. The summed E-state index contributed by atoms with van der Waals surface area (Å²) in [6.45, 7) is 6.71. The first-order valence-electron chi connectivity index (χ1n) is 17.6. The Kier molecular flexibility index (Phi) is 12.3. The predicted molar refractivity (Wildman–Crippen MR) is 205 cm³/mol. The maximum Gasteiger partial charge on any atom is 0.326 e. The molecule has 5 aromatic rings. The molecule has 10 nitrogen and oxygen atoms in total. The molecule has 3 N–H and O–H groups in total. The highest BCUT2D eigenvalue weighted by molar-refractivity contribution is 6.32. The Morgan fingerprint density at radius 1 is 0.926 bits per heavy atom. The van der Waals surface area contributed by atoms with Crippen LogP contribution in [0.1, 0.15) is 58.6 Å². The van der Waals surface area contributed by atoms with Crippen LogP contribution in [0.3, 0.4) is 0 Å². The number of carbonyl (C=O) groups is 1. The Bertz CT molecular complexity index is 2160. The van der Waals surface area contributed by atoms with Gasteiger partial charge in [0.25, 0.3) is 0 Å². The van der Waals surface area contributed by atoms with Crippen LogP contribution in [0.4, 0.5) is 0 Å². The summed E-state index contributed by atoms with van der Waals surface area (Å²) in [6.07, 6.45) is 3.65. The summed E-state index contributed by atoms with van der Waals surface area (Å²) in [5, 5.41) is 31.9. The molecule has 4 aromatic carbocycles. The largest absolute Gasteiger partial charge is 0.488 e. The fourth-order valence-corrected chi connectivity index (χ4v) is 6.51. The van der Waals surface area contributed by atoms with Gasteiger partial charge in [0.05, 0.1) is 30.4 Å².